The Balaban J connectivity index is 2.10. The molecule has 0 aliphatic rings. The molecule has 0 aliphatic heterocycles. The summed E-state index contributed by atoms with van der Waals surface area (Å²) in [7, 11) is 1.93. The summed E-state index contributed by atoms with van der Waals surface area (Å²) < 4.78 is 0. The van der Waals surface area contributed by atoms with Crippen molar-refractivity contribution in [3.05, 3.63) is 33.7 Å². The zero-order valence-corrected chi connectivity index (χ0v) is 10.4. The summed E-state index contributed by atoms with van der Waals surface area (Å²) in [5.41, 5.74) is 0.709. The molecule has 0 aromatic carbocycles. The first kappa shape index (κ1) is 11.9. The number of nitrogens with zero attached hydrogens (tertiary/aromatic N) is 2. The van der Waals surface area contributed by atoms with Gasteiger partial charge in [0.2, 0.25) is 5.56 Å². The van der Waals surface area contributed by atoms with Gasteiger partial charge in [-0.05, 0) is 26.1 Å². The minimum atomic E-state index is -0.116. The standard InChI is InChI=1S/C11H14N4OS/c1-12-5-2-3-10-14-15-11(17-10)8-4-6-13-9(16)7-8/h4,6-7,12H,2-3,5H2,1H3,(H,13,16). The normalized spacial score (nSPS) is 10.6. The van der Waals surface area contributed by atoms with Crippen molar-refractivity contribution in [2.24, 2.45) is 0 Å². The highest BCUT2D eigenvalue weighted by Gasteiger charge is 2.06. The van der Waals surface area contributed by atoms with Crippen LogP contribution >= 0.6 is 11.3 Å². The molecule has 2 heterocycles. The summed E-state index contributed by atoms with van der Waals surface area (Å²) in [6, 6.07) is 3.37. The first-order valence-corrected chi connectivity index (χ1v) is 6.27. The van der Waals surface area contributed by atoms with Gasteiger partial charge in [-0.15, -0.1) is 10.2 Å². The van der Waals surface area contributed by atoms with E-state index in [2.05, 4.69) is 20.5 Å². The average molecular weight is 250 g/mol. The van der Waals surface area contributed by atoms with Gasteiger partial charge in [0.1, 0.15) is 10.0 Å². The quantitative estimate of drug-likeness (QED) is 0.778. The van der Waals surface area contributed by atoms with Gasteiger partial charge in [-0.25, -0.2) is 0 Å². The lowest BCUT2D eigenvalue weighted by Gasteiger charge is -1.94. The van der Waals surface area contributed by atoms with E-state index in [1.165, 1.54) is 6.07 Å². The van der Waals surface area contributed by atoms with Crippen LogP contribution in [0.25, 0.3) is 10.6 Å². The number of H-pyrrole nitrogens is 1. The Morgan fingerprint density at radius 1 is 1.47 bits per heavy atom. The Morgan fingerprint density at radius 3 is 3.12 bits per heavy atom. The van der Waals surface area contributed by atoms with Crippen molar-refractivity contribution in [3.63, 3.8) is 0 Å². The predicted molar refractivity (Wildman–Crippen MR) is 68.2 cm³/mol. The summed E-state index contributed by atoms with van der Waals surface area (Å²) >= 11 is 1.54. The molecule has 0 saturated carbocycles. The number of aromatic amines is 1. The van der Waals surface area contributed by atoms with Crippen molar-refractivity contribution in [2.75, 3.05) is 13.6 Å². The second kappa shape index (κ2) is 5.70. The van der Waals surface area contributed by atoms with Crippen molar-refractivity contribution >= 4 is 11.3 Å². The maximum atomic E-state index is 11.2. The monoisotopic (exact) mass is 250 g/mol. The molecule has 2 rings (SSSR count). The molecule has 2 N–H and O–H groups in total. The van der Waals surface area contributed by atoms with Crippen LogP contribution in [0.2, 0.25) is 0 Å². The molecule has 17 heavy (non-hydrogen) atoms. The third-order valence-electron chi connectivity index (χ3n) is 2.31. The highest BCUT2D eigenvalue weighted by molar-refractivity contribution is 7.14. The SMILES string of the molecule is CNCCCc1nnc(-c2cc[nH]c(=O)c2)s1. The van der Waals surface area contributed by atoms with E-state index in [9.17, 15) is 4.79 Å². The van der Waals surface area contributed by atoms with Gasteiger partial charge in [-0.1, -0.05) is 11.3 Å². The zero-order chi connectivity index (χ0) is 12.1. The van der Waals surface area contributed by atoms with E-state index in [4.69, 9.17) is 0 Å². The summed E-state index contributed by atoms with van der Waals surface area (Å²) in [6.45, 7) is 0.972. The molecule has 0 atom stereocenters. The van der Waals surface area contributed by atoms with Gasteiger partial charge in [0.15, 0.2) is 0 Å². The van der Waals surface area contributed by atoms with E-state index >= 15 is 0 Å². The van der Waals surface area contributed by atoms with Crippen molar-refractivity contribution in [2.45, 2.75) is 12.8 Å². The highest BCUT2D eigenvalue weighted by atomic mass is 32.1. The van der Waals surface area contributed by atoms with Crippen LogP contribution in [-0.4, -0.2) is 28.8 Å². The molecule has 0 unspecified atom stereocenters. The lowest BCUT2D eigenvalue weighted by Crippen LogP contribution is -2.08. The molecule has 0 radical (unpaired) electrons. The Hall–Kier alpha value is -1.53. The molecule has 0 saturated heterocycles. The molecule has 0 fully saturated rings. The number of rotatable bonds is 5. The van der Waals surface area contributed by atoms with Gasteiger partial charge < -0.3 is 10.3 Å². The predicted octanol–water partition coefficient (Wildman–Crippen LogP) is 1.05. The van der Waals surface area contributed by atoms with Gasteiger partial charge >= 0.3 is 0 Å². The fourth-order valence-corrected chi connectivity index (χ4v) is 2.34. The number of aromatic nitrogens is 3. The number of hydrogen-bond donors (Lipinski definition) is 2. The van der Waals surface area contributed by atoms with Crippen LogP contribution < -0.4 is 10.9 Å². The van der Waals surface area contributed by atoms with E-state index in [1.807, 2.05) is 13.1 Å². The van der Waals surface area contributed by atoms with E-state index in [0.29, 0.717) is 0 Å². The van der Waals surface area contributed by atoms with Crippen LogP contribution in [0.4, 0.5) is 0 Å². The Labute approximate surface area is 103 Å². The van der Waals surface area contributed by atoms with Gasteiger partial charge in [0, 0.05) is 24.2 Å². The van der Waals surface area contributed by atoms with Gasteiger partial charge in [0.05, 0.1) is 0 Å². The van der Waals surface area contributed by atoms with E-state index in [0.717, 1.165) is 35.0 Å². The third kappa shape index (κ3) is 3.21. The average Bonchev–Trinajstić information content (AvgIpc) is 2.78. The van der Waals surface area contributed by atoms with Gasteiger partial charge in [0.25, 0.3) is 0 Å². The number of pyridine rings is 1. The fraction of sp³-hybridized carbons (Fsp3) is 0.364. The second-order valence-corrected chi connectivity index (χ2v) is 4.71. The molecular formula is C11H14N4OS. The zero-order valence-electron chi connectivity index (χ0n) is 9.56. The smallest absolute Gasteiger partial charge is 0.248 e. The maximum absolute atomic E-state index is 11.2. The van der Waals surface area contributed by atoms with Gasteiger partial charge in [-0.3, -0.25) is 4.79 Å². The molecule has 2 aromatic rings. The molecule has 0 aliphatic carbocycles. The molecular weight excluding hydrogens is 236 g/mol. The van der Waals surface area contributed by atoms with Crippen LogP contribution in [0.15, 0.2) is 23.1 Å². The summed E-state index contributed by atoms with van der Waals surface area (Å²) in [4.78, 5) is 13.8. The molecule has 0 spiro atoms. The highest BCUT2D eigenvalue weighted by Crippen LogP contribution is 2.22. The number of aryl methyl sites for hydroxylation is 1. The fourth-order valence-electron chi connectivity index (χ4n) is 1.47. The van der Waals surface area contributed by atoms with Crippen molar-refractivity contribution in [3.8, 4) is 10.6 Å². The second-order valence-electron chi connectivity index (χ2n) is 3.65. The first-order valence-electron chi connectivity index (χ1n) is 5.45. The topological polar surface area (TPSA) is 70.7 Å². The summed E-state index contributed by atoms with van der Waals surface area (Å²) in [5, 5.41) is 13.1. The largest absolute Gasteiger partial charge is 0.329 e. The van der Waals surface area contributed by atoms with Crippen molar-refractivity contribution in [1.82, 2.24) is 20.5 Å². The van der Waals surface area contributed by atoms with Crippen LogP contribution in [0.3, 0.4) is 0 Å². The molecule has 0 amide bonds. The molecule has 2 aromatic heterocycles. The van der Waals surface area contributed by atoms with E-state index in [1.54, 1.807) is 17.5 Å². The van der Waals surface area contributed by atoms with Gasteiger partial charge in [-0.2, -0.15) is 0 Å². The van der Waals surface area contributed by atoms with Crippen LogP contribution in [-0.2, 0) is 6.42 Å². The lowest BCUT2D eigenvalue weighted by molar-refractivity contribution is 0.718. The van der Waals surface area contributed by atoms with Crippen molar-refractivity contribution in [1.29, 1.82) is 0 Å². The third-order valence-corrected chi connectivity index (χ3v) is 3.34. The molecule has 6 heteroatoms. The summed E-state index contributed by atoms with van der Waals surface area (Å²) in [6.07, 6.45) is 3.59. The molecule has 0 bridgehead atoms. The number of nitrogens with one attached hydrogen (secondary N) is 2. The minimum Gasteiger partial charge on any atom is -0.329 e. The molecule has 90 valence electrons. The van der Waals surface area contributed by atoms with Crippen LogP contribution in [0.1, 0.15) is 11.4 Å². The lowest BCUT2D eigenvalue weighted by atomic mass is 10.3. The van der Waals surface area contributed by atoms with E-state index < -0.39 is 0 Å². The Kier molecular flexibility index (Phi) is 4.00. The van der Waals surface area contributed by atoms with Crippen LogP contribution in [0.5, 0.6) is 0 Å². The van der Waals surface area contributed by atoms with E-state index in [-0.39, 0.29) is 5.56 Å². The molecule has 5 nitrogen and oxygen atoms in total. The Bertz CT molecular complexity index is 534. The number of hydrogen-bond acceptors (Lipinski definition) is 5. The maximum Gasteiger partial charge on any atom is 0.248 e. The minimum absolute atomic E-state index is 0.116. The Morgan fingerprint density at radius 2 is 2.35 bits per heavy atom. The van der Waals surface area contributed by atoms with Crippen LogP contribution in [0, 0.1) is 0 Å². The summed E-state index contributed by atoms with van der Waals surface area (Å²) in [5.74, 6) is 0. The first-order chi connectivity index (χ1) is 8.29. The van der Waals surface area contributed by atoms with Crippen molar-refractivity contribution < 1.29 is 0 Å².